The smallest absolute Gasteiger partial charge is 0.0184 e. The standard InChI is InChI=1S/C23H29NS2/c1-3-19-7-5-9-21(13-19)15-25-17-23(11-12-24)18-26-16-22-10-6-8-20(4-2)14-22/h3-10,13-14,23H,1-2,11-12,15-18,24H2. The lowest BCUT2D eigenvalue weighted by Crippen LogP contribution is -2.13. The normalized spacial score (nSPS) is 10.8. The molecule has 26 heavy (non-hydrogen) atoms. The summed E-state index contributed by atoms with van der Waals surface area (Å²) in [5.41, 5.74) is 11.0. The lowest BCUT2D eigenvalue weighted by molar-refractivity contribution is 0.615. The van der Waals surface area contributed by atoms with Gasteiger partial charge in [-0.05, 0) is 52.6 Å². The maximum Gasteiger partial charge on any atom is 0.0184 e. The average molecular weight is 384 g/mol. The quantitative estimate of drug-likeness (QED) is 0.479. The van der Waals surface area contributed by atoms with Crippen LogP contribution in [-0.4, -0.2) is 18.1 Å². The van der Waals surface area contributed by atoms with Gasteiger partial charge in [0.15, 0.2) is 0 Å². The number of benzene rings is 2. The molecule has 0 aliphatic rings. The molecule has 0 radical (unpaired) electrons. The topological polar surface area (TPSA) is 26.0 Å². The van der Waals surface area contributed by atoms with Gasteiger partial charge in [0.1, 0.15) is 0 Å². The molecule has 0 amide bonds. The molecule has 1 nitrogen and oxygen atoms in total. The summed E-state index contributed by atoms with van der Waals surface area (Å²) in [6.07, 6.45) is 4.91. The molecule has 0 aromatic heterocycles. The molecule has 2 N–H and O–H groups in total. The van der Waals surface area contributed by atoms with Crippen molar-refractivity contribution in [2.75, 3.05) is 18.1 Å². The van der Waals surface area contributed by atoms with Crippen molar-refractivity contribution < 1.29 is 0 Å². The molecule has 2 aromatic rings. The Morgan fingerprint density at radius 2 is 1.35 bits per heavy atom. The second-order valence-electron chi connectivity index (χ2n) is 6.37. The summed E-state index contributed by atoms with van der Waals surface area (Å²) in [6, 6.07) is 17.2. The van der Waals surface area contributed by atoms with Gasteiger partial charge < -0.3 is 5.73 Å². The van der Waals surface area contributed by atoms with E-state index in [1.54, 1.807) is 0 Å². The highest BCUT2D eigenvalue weighted by Gasteiger charge is 2.09. The van der Waals surface area contributed by atoms with Crippen LogP contribution < -0.4 is 5.73 Å². The zero-order valence-electron chi connectivity index (χ0n) is 15.4. The van der Waals surface area contributed by atoms with Crippen LogP contribution >= 0.6 is 23.5 Å². The zero-order chi connectivity index (χ0) is 18.6. The number of hydrogen-bond donors (Lipinski definition) is 1. The highest BCUT2D eigenvalue weighted by atomic mass is 32.2. The Morgan fingerprint density at radius 3 is 1.77 bits per heavy atom. The van der Waals surface area contributed by atoms with E-state index in [2.05, 4.69) is 61.7 Å². The van der Waals surface area contributed by atoms with Gasteiger partial charge in [-0.1, -0.05) is 73.8 Å². The monoisotopic (exact) mass is 383 g/mol. The van der Waals surface area contributed by atoms with Crippen molar-refractivity contribution in [3.8, 4) is 0 Å². The highest BCUT2D eigenvalue weighted by Crippen LogP contribution is 2.23. The minimum atomic E-state index is 0.667. The van der Waals surface area contributed by atoms with Crippen LogP contribution in [0.5, 0.6) is 0 Å². The van der Waals surface area contributed by atoms with Crippen LogP contribution in [0.15, 0.2) is 61.7 Å². The van der Waals surface area contributed by atoms with E-state index in [0.717, 1.165) is 36.0 Å². The SMILES string of the molecule is C=Cc1cccc(CSCC(CCN)CSCc2cccc(C=C)c2)c1. The Hall–Kier alpha value is -1.42. The molecule has 3 heteroatoms. The molecule has 0 heterocycles. The van der Waals surface area contributed by atoms with Crippen molar-refractivity contribution >= 4 is 35.7 Å². The van der Waals surface area contributed by atoms with E-state index in [1.807, 2.05) is 35.7 Å². The van der Waals surface area contributed by atoms with E-state index in [4.69, 9.17) is 5.73 Å². The summed E-state index contributed by atoms with van der Waals surface area (Å²) in [6.45, 7) is 8.46. The lowest BCUT2D eigenvalue weighted by Gasteiger charge is -2.15. The zero-order valence-corrected chi connectivity index (χ0v) is 17.0. The third-order valence-corrected chi connectivity index (χ3v) is 6.68. The van der Waals surface area contributed by atoms with Gasteiger partial charge in [0.2, 0.25) is 0 Å². The van der Waals surface area contributed by atoms with Crippen molar-refractivity contribution in [3.05, 3.63) is 83.9 Å². The number of rotatable bonds is 12. The van der Waals surface area contributed by atoms with Gasteiger partial charge in [-0.15, -0.1) is 0 Å². The first kappa shape index (κ1) is 20.9. The van der Waals surface area contributed by atoms with Crippen LogP contribution in [0, 0.1) is 5.92 Å². The maximum atomic E-state index is 5.83. The van der Waals surface area contributed by atoms with E-state index in [9.17, 15) is 0 Å². The lowest BCUT2D eigenvalue weighted by atomic mass is 10.1. The van der Waals surface area contributed by atoms with Crippen LogP contribution in [0.2, 0.25) is 0 Å². The molecule has 138 valence electrons. The first-order valence-corrected chi connectivity index (χ1v) is 11.3. The summed E-state index contributed by atoms with van der Waals surface area (Å²) in [5, 5.41) is 0. The molecule has 0 saturated heterocycles. The summed E-state index contributed by atoms with van der Waals surface area (Å²) in [7, 11) is 0. The van der Waals surface area contributed by atoms with Crippen molar-refractivity contribution in [2.24, 2.45) is 11.7 Å². The summed E-state index contributed by atoms with van der Waals surface area (Å²) >= 11 is 4.02. The van der Waals surface area contributed by atoms with Gasteiger partial charge in [0.25, 0.3) is 0 Å². The van der Waals surface area contributed by atoms with Crippen LogP contribution in [0.3, 0.4) is 0 Å². The Morgan fingerprint density at radius 1 is 0.846 bits per heavy atom. The van der Waals surface area contributed by atoms with Crippen molar-refractivity contribution in [1.82, 2.24) is 0 Å². The first-order valence-electron chi connectivity index (χ1n) is 9.03. The van der Waals surface area contributed by atoms with Crippen molar-refractivity contribution in [1.29, 1.82) is 0 Å². The summed E-state index contributed by atoms with van der Waals surface area (Å²) in [5.74, 6) is 5.09. The molecule has 0 aliphatic heterocycles. The first-order chi connectivity index (χ1) is 12.7. The van der Waals surface area contributed by atoms with Gasteiger partial charge in [-0.2, -0.15) is 23.5 Å². The largest absolute Gasteiger partial charge is 0.330 e. The predicted molar refractivity (Wildman–Crippen MR) is 123 cm³/mol. The second-order valence-corrected chi connectivity index (χ2v) is 8.43. The average Bonchev–Trinajstić information content (AvgIpc) is 2.68. The van der Waals surface area contributed by atoms with E-state index in [-0.39, 0.29) is 0 Å². The van der Waals surface area contributed by atoms with Gasteiger partial charge in [-0.25, -0.2) is 0 Å². The van der Waals surface area contributed by atoms with Crippen LogP contribution in [0.4, 0.5) is 0 Å². The number of hydrogen-bond acceptors (Lipinski definition) is 3. The van der Waals surface area contributed by atoms with Crippen LogP contribution in [0.1, 0.15) is 28.7 Å². The molecule has 0 atom stereocenters. The van der Waals surface area contributed by atoms with Crippen molar-refractivity contribution in [3.63, 3.8) is 0 Å². The van der Waals surface area contributed by atoms with E-state index < -0.39 is 0 Å². The van der Waals surface area contributed by atoms with Gasteiger partial charge >= 0.3 is 0 Å². The van der Waals surface area contributed by atoms with Crippen molar-refractivity contribution in [2.45, 2.75) is 17.9 Å². The summed E-state index contributed by atoms with van der Waals surface area (Å²) < 4.78 is 0. The molecule has 0 fully saturated rings. The fourth-order valence-electron chi connectivity index (χ4n) is 2.76. The predicted octanol–water partition coefficient (Wildman–Crippen LogP) is 6.10. The number of nitrogens with two attached hydrogens (primary N) is 1. The molecule has 2 rings (SSSR count). The Bertz CT molecular complexity index is 639. The fourth-order valence-corrected chi connectivity index (χ4v) is 5.21. The Kier molecular flexibility index (Phi) is 9.68. The molecule has 0 saturated carbocycles. The Labute approximate surface area is 167 Å². The fraction of sp³-hybridized carbons (Fsp3) is 0.304. The molecule has 0 spiro atoms. The van der Waals surface area contributed by atoms with E-state index in [0.29, 0.717) is 5.92 Å². The Balaban J connectivity index is 1.76. The molecule has 0 bridgehead atoms. The van der Waals surface area contributed by atoms with Gasteiger partial charge in [0.05, 0.1) is 0 Å². The highest BCUT2D eigenvalue weighted by molar-refractivity contribution is 7.99. The minimum absolute atomic E-state index is 0.667. The third-order valence-electron chi connectivity index (χ3n) is 4.19. The molecular formula is C23H29NS2. The maximum absolute atomic E-state index is 5.83. The molecule has 0 unspecified atom stereocenters. The molecular weight excluding hydrogens is 354 g/mol. The van der Waals surface area contributed by atoms with Gasteiger partial charge in [0, 0.05) is 11.5 Å². The minimum Gasteiger partial charge on any atom is -0.330 e. The third kappa shape index (κ3) is 7.45. The van der Waals surface area contributed by atoms with Crippen LogP contribution in [0.25, 0.3) is 12.2 Å². The van der Waals surface area contributed by atoms with E-state index in [1.165, 1.54) is 22.3 Å². The van der Waals surface area contributed by atoms with Gasteiger partial charge in [-0.3, -0.25) is 0 Å². The second kappa shape index (κ2) is 12.1. The van der Waals surface area contributed by atoms with Crippen LogP contribution in [-0.2, 0) is 11.5 Å². The summed E-state index contributed by atoms with van der Waals surface area (Å²) in [4.78, 5) is 0. The number of thioether (sulfide) groups is 2. The van der Waals surface area contributed by atoms with E-state index >= 15 is 0 Å². The molecule has 2 aromatic carbocycles. The molecule has 0 aliphatic carbocycles.